The van der Waals surface area contributed by atoms with Crippen molar-refractivity contribution in [1.82, 2.24) is 0 Å². The summed E-state index contributed by atoms with van der Waals surface area (Å²) in [7, 11) is 2.22. The molecule has 2 aliphatic rings. The number of esters is 1. The third-order valence-corrected chi connectivity index (χ3v) is 7.86. The average molecular weight is 406 g/mol. The van der Waals surface area contributed by atoms with Crippen LogP contribution in [0.5, 0.6) is 0 Å². The molecule has 4 rings (SSSR count). The summed E-state index contributed by atoms with van der Waals surface area (Å²) < 4.78 is 5.75. The number of carbonyl (C=O) groups is 1. The molecule has 3 nitrogen and oxygen atoms in total. The van der Waals surface area contributed by atoms with E-state index < -0.39 is 0 Å². The number of nitrogens with zero attached hydrogens (tertiary/aromatic N) is 1. The van der Waals surface area contributed by atoms with Crippen molar-refractivity contribution >= 4 is 11.7 Å². The molecule has 2 aromatic rings. The minimum atomic E-state index is -0.244. The van der Waals surface area contributed by atoms with Crippen molar-refractivity contribution in [2.75, 3.05) is 11.9 Å². The van der Waals surface area contributed by atoms with E-state index >= 15 is 0 Å². The summed E-state index contributed by atoms with van der Waals surface area (Å²) in [6.45, 7) is 9.26. The van der Waals surface area contributed by atoms with E-state index in [1.165, 1.54) is 19.3 Å². The first-order valence-corrected chi connectivity index (χ1v) is 11.3. The Bertz CT molecular complexity index is 901. The van der Waals surface area contributed by atoms with Crippen LogP contribution in [0, 0.1) is 16.7 Å². The van der Waals surface area contributed by atoms with E-state index in [1.54, 1.807) is 0 Å². The van der Waals surface area contributed by atoms with Crippen LogP contribution < -0.4 is 4.90 Å². The van der Waals surface area contributed by atoms with Gasteiger partial charge in [0.25, 0.3) is 0 Å². The summed E-state index contributed by atoms with van der Waals surface area (Å²) in [5.41, 5.74) is 3.85. The van der Waals surface area contributed by atoms with E-state index in [0.717, 1.165) is 22.7 Å². The fraction of sp³-hybridized carbons (Fsp3) is 0.519. The third-order valence-electron chi connectivity index (χ3n) is 7.86. The molecule has 0 N–H and O–H groups in total. The van der Waals surface area contributed by atoms with E-state index in [2.05, 4.69) is 50.9 Å². The largest absolute Gasteiger partial charge is 0.458 e. The van der Waals surface area contributed by atoms with Crippen LogP contribution >= 0.6 is 0 Å². The number of hydrogen-bond donors (Lipinski definition) is 0. The van der Waals surface area contributed by atoms with Crippen LogP contribution in [0.2, 0.25) is 0 Å². The highest BCUT2D eigenvalue weighted by Gasteiger charge is 2.60. The van der Waals surface area contributed by atoms with Crippen LogP contribution in [-0.2, 0) is 16.0 Å². The van der Waals surface area contributed by atoms with Crippen molar-refractivity contribution < 1.29 is 9.53 Å². The van der Waals surface area contributed by atoms with Gasteiger partial charge in [0.05, 0.1) is 6.42 Å². The Morgan fingerprint density at radius 2 is 1.77 bits per heavy atom. The Balaban J connectivity index is 1.52. The fourth-order valence-corrected chi connectivity index (χ4v) is 6.57. The lowest BCUT2D eigenvalue weighted by molar-refractivity contribution is -0.147. The molecule has 30 heavy (non-hydrogen) atoms. The van der Waals surface area contributed by atoms with E-state index in [4.69, 9.17) is 4.74 Å². The quantitative estimate of drug-likeness (QED) is 0.537. The predicted molar refractivity (Wildman–Crippen MR) is 123 cm³/mol. The highest BCUT2D eigenvalue weighted by atomic mass is 16.5. The molecule has 4 unspecified atom stereocenters. The molecule has 3 heteroatoms. The molecule has 0 spiro atoms. The summed E-state index contributed by atoms with van der Waals surface area (Å²) >= 11 is 0. The minimum Gasteiger partial charge on any atom is -0.458 e. The maximum Gasteiger partial charge on any atom is 0.310 e. The highest BCUT2D eigenvalue weighted by molar-refractivity contribution is 5.76. The Hall–Kier alpha value is -2.29. The molecule has 0 saturated heterocycles. The van der Waals surface area contributed by atoms with Gasteiger partial charge in [-0.15, -0.1) is 0 Å². The van der Waals surface area contributed by atoms with Crippen LogP contribution in [0.15, 0.2) is 54.6 Å². The van der Waals surface area contributed by atoms with Gasteiger partial charge in [0.2, 0.25) is 0 Å². The third kappa shape index (κ3) is 3.64. The number of benzene rings is 2. The molecule has 2 bridgehead atoms. The number of anilines is 1. The van der Waals surface area contributed by atoms with Crippen molar-refractivity contribution in [2.24, 2.45) is 16.7 Å². The molecular weight excluding hydrogens is 370 g/mol. The average Bonchev–Trinajstić information content (AvgIpc) is 3.20. The monoisotopic (exact) mass is 405 g/mol. The van der Waals surface area contributed by atoms with Gasteiger partial charge >= 0.3 is 5.97 Å². The molecule has 2 fully saturated rings. The zero-order valence-electron chi connectivity index (χ0n) is 19.0. The maximum atomic E-state index is 12.8. The molecule has 2 aromatic carbocycles. The first-order chi connectivity index (χ1) is 14.2. The SMILES string of the molecule is CC(OC(=O)Cc1ccccc1N(C)C1C2(C)CCC(C2)C1(C)C)c1ccccc1. The highest BCUT2D eigenvalue weighted by Crippen LogP contribution is 2.64. The minimum absolute atomic E-state index is 0.175. The number of ether oxygens (including phenoxy) is 1. The zero-order chi connectivity index (χ0) is 21.5. The van der Waals surface area contributed by atoms with Gasteiger partial charge < -0.3 is 9.64 Å². The molecule has 0 radical (unpaired) electrons. The predicted octanol–water partition coefficient (Wildman–Crippen LogP) is 6.18. The fourth-order valence-electron chi connectivity index (χ4n) is 6.57. The first kappa shape index (κ1) is 21.0. The van der Waals surface area contributed by atoms with Gasteiger partial charge in [-0.1, -0.05) is 69.3 Å². The molecule has 4 atom stereocenters. The molecule has 2 saturated carbocycles. The van der Waals surface area contributed by atoms with Crippen molar-refractivity contribution in [3.05, 3.63) is 65.7 Å². The van der Waals surface area contributed by atoms with Crippen LogP contribution in [0.4, 0.5) is 5.69 Å². The molecule has 2 aliphatic carbocycles. The molecular formula is C27H35NO2. The van der Waals surface area contributed by atoms with E-state index in [9.17, 15) is 4.79 Å². The van der Waals surface area contributed by atoms with Crippen molar-refractivity contribution in [2.45, 2.75) is 65.5 Å². The summed E-state index contributed by atoms with van der Waals surface area (Å²) in [4.78, 5) is 15.2. The van der Waals surface area contributed by atoms with E-state index in [-0.39, 0.29) is 17.5 Å². The summed E-state index contributed by atoms with van der Waals surface area (Å²) in [6, 6.07) is 18.7. The van der Waals surface area contributed by atoms with Gasteiger partial charge in [-0.05, 0) is 60.1 Å². The summed E-state index contributed by atoms with van der Waals surface area (Å²) in [5.74, 6) is 0.615. The van der Waals surface area contributed by atoms with Crippen LogP contribution in [0.3, 0.4) is 0 Å². The topological polar surface area (TPSA) is 29.5 Å². The second kappa shape index (κ2) is 7.76. The van der Waals surface area contributed by atoms with Gasteiger partial charge in [-0.3, -0.25) is 4.79 Å². The Morgan fingerprint density at radius 3 is 2.43 bits per heavy atom. The van der Waals surface area contributed by atoms with Gasteiger partial charge in [-0.25, -0.2) is 0 Å². The Kier molecular flexibility index (Phi) is 5.42. The number of hydrogen-bond acceptors (Lipinski definition) is 3. The number of rotatable bonds is 6. The number of carbonyl (C=O) groups excluding carboxylic acids is 1. The van der Waals surface area contributed by atoms with Gasteiger partial charge in [0.1, 0.15) is 6.10 Å². The Morgan fingerprint density at radius 1 is 1.10 bits per heavy atom. The standard InChI is InChI=1S/C27H35NO2/c1-19(20-11-7-6-8-12-20)30-24(29)17-21-13-9-10-14-23(21)28(5)25-26(2,3)22-15-16-27(25,4)18-22/h6-14,19,22,25H,15-18H2,1-5H3. The van der Waals surface area contributed by atoms with Gasteiger partial charge in [-0.2, -0.15) is 0 Å². The second-order valence-electron chi connectivity index (χ2n) is 10.3. The molecule has 0 amide bonds. The van der Waals surface area contributed by atoms with Crippen molar-refractivity contribution in [1.29, 1.82) is 0 Å². The first-order valence-electron chi connectivity index (χ1n) is 11.3. The lowest BCUT2D eigenvalue weighted by Crippen LogP contribution is -2.51. The number of fused-ring (bicyclic) bond motifs is 2. The maximum absolute atomic E-state index is 12.8. The molecule has 0 heterocycles. The summed E-state index contributed by atoms with van der Waals surface area (Å²) in [6.07, 6.45) is 4.01. The van der Waals surface area contributed by atoms with Crippen LogP contribution in [0.25, 0.3) is 0 Å². The normalized spacial score (nSPS) is 27.6. The van der Waals surface area contributed by atoms with E-state index in [0.29, 0.717) is 17.9 Å². The van der Waals surface area contributed by atoms with Crippen molar-refractivity contribution in [3.63, 3.8) is 0 Å². The molecule has 160 valence electrons. The number of para-hydroxylation sites is 1. The molecule has 0 aliphatic heterocycles. The second-order valence-corrected chi connectivity index (χ2v) is 10.3. The summed E-state index contributed by atoms with van der Waals surface area (Å²) in [5, 5.41) is 0. The zero-order valence-corrected chi connectivity index (χ0v) is 19.0. The van der Waals surface area contributed by atoms with Gasteiger partial charge in [0, 0.05) is 18.8 Å². The lowest BCUT2D eigenvalue weighted by Gasteiger charge is -2.49. The Labute approximate surface area is 181 Å². The van der Waals surface area contributed by atoms with Crippen LogP contribution in [0.1, 0.15) is 64.2 Å². The lowest BCUT2D eigenvalue weighted by atomic mass is 9.67. The van der Waals surface area contributed by atoms with E-state index in [1.807, 2.05) is 43.3 Å². The molecule has 0 aromatic heterocycles. The smallest absolute Gasteiger partial charge is 0.310 e. The van der Waals surface area contributed by atoms with Gasteiger partial charge in [0.15, 0.2) is 0 Å². The van der Waals surface area contributed by atoms with Crippen LogP contribution in [-0.4, -0.2) is 19.1 Å². The van der Waals surface area contributed by atoms with Crippen molar-refractivity contribution in [3.8, 4) is 0 Å².